The molecule has 12 heavy (non-hydrogen) atoms. The second-order valence-corrected chi connectivity index (χ2v) is 7.71. The van der Waals surface area contributed by atoms with Crippen LogP contribution in [0.15, 0.2) is 0 Å². The van der Waals surface area contributed by atoms with Crippen LogP contribution in [0.2, 0.25) is 18.1 Å². The molecule has 0 amide bonds. The van der Waals surface area contributed by atoms with Crippen molar-refractivity contribution in [3.8, 4) is 0 Å². The lowest BCUT2D eigenvalue weighted by atomic mass is 10.0. The van der Waals surface area contributed by atoms with Crippen LogP contribution in [0.4, 0.5) is 0 Å². The van der Waals surface area contributed by atoms with Gasteiger partial charge in [-0.3, -0.25) is 0 Å². The Morgan fingerprint density at radius 3 is 2.50 bits per heavy atom. The minimum atomic E-state index is 0.135. The van der Waals surface area contributed by atoms with Crippen LogP contribution < -0.4 is 0 Å². The summed E-state index contributed by atoms with van der Waals surface area (Å²) in [6.45, 7) is 2.34. The van der Waals surface area contributed by atoms with Crippen molar-refractivity contribution in [1.29, 1.82) is 0 Å². The van der Waals surface area contributed by atoms with Crippen LogP contribution in [-0.4, -0.2) is 14.1 Å². The normalized spacial score (nSPS) is 21.5. The molecule has 71 valence electrons. The molecule has 0 aliphatic carbocycles. The quantitative estimate of drug-likeness (QED) is 0.519. The molecule has 1 aliphatic heterocycles. The van der Waals surface area contributed by atoms with Crippen LogP contribution in [0.25, 0.3) is 0 Å². The molecule has 1 rings (SSSR count). The molecule has 0 bridgehead atoms. The summed E-state index contributed by atoms with van der Waals surface area (Å²) in [4.78, 5) is 0. The molecule has 1 heterocycles. The predicted octanol–water partition coefficient (Wildman–Crippen LogP) is 4.09. The minimum absolute atomic E-state index is 0.135. The van der Waals surface area contributed by atoms with Gasteiger partial charge in [-0.25, -0.2) is 0 Å². The topological polar surface area (TPSA) is 0 Å². The van der Waals surface area contributed by atoms with E-state index in [9.17, 15) is 0 Å². The molecule has 1 fully saturated rings. The van der Waals surface area contributed by atoms with Crippen LogP contribution in [0.1, 0.15) is 32.6 Å². The SMILES string of the molecule is CCC[Si]1CCC(CCBr)CC1. The summed E-state index contributed by atoms with van der Waals surface area (Å²) in [7, 11) is 0.135. The van der Waals surface area contributed by atoms with E-state index in [4.69, 9.17) is 0 Å². The Balaban J connectivity index is 2.11. The predicted molar refractivity (Wildman–Crippen MR) is 61.6 cm³/mol. The van der Waals surface area contributed by atoms with Gasteiger partial charge in [0, 0.05) is 14.1 Å². The highest BCUT2D eigenvalue weighted by molar-refractivity contribution is 9.09. The Labute approximate surface area is 86.9 Å². The molecule has 0 aromatic heterocycles. The van der Waals surface area contributed by atoms with Gasteiger partial charge in [0.1, 0.15) is 0 Å². The average molecular weight is 248 g/mol. The van der Waals surface area contributed by atoms with Gasteiger partial charge >= 0.3 is 0 Å². The van der Waals surface area contributed by atoms with Crippen LogP contribution in [0.3, 0.4) is 0 Å². The Bertz CT molecular complexity index is 94.4. The summed E-state index contributed by atoms with van der Waals surface area (Å²) in [5.74, 6) is 1.06. The van der Waals surface area contributed by atoms with Gasteiger partial charge in [-0.2, -0.15) is 0 Å². The largest absolute Gasteiger partial charge is 0.0928 e. The van der Waals surface area contributed by atoms with Gasteiger partial charge in [-0.15, -0.1) is 0 Å². The third-order valence-corrected chi connectivity index (χ3v) is 6.59. The zero-order chi connectivity index (χ0) is 8.81. The number of halogens is 1. The molecular formula is C10H20BrSi. The molecule has 0 unspecified atom stereocenters. The first-order chi connectivity index (χ1) is 5.86. The van der Waals surface area contributed by atoms with Crippen LogP contribution in [-0.2, 0) is 0 Å². The molecule has 0 aromatic rings. The van der Waals surface area contributed by atoms with Crippen molar-refractivity contribution in [2.24, 2.45) is 5.92 Å². The number of alkyl halides is 1. The van der Waals surface area contributed by atoms with E-state index in [1.807, 2.05) is 0 Å². The van der Waals surface area contributed by atoms with E-state index in [0.29, 0.717) is 0 Å². The highest BCUT2D eigenvalue weighted by atomic mass is 79.9. The van der Waals surface area contributed by atoms with E-state index in [1.54, 1.807) is 31.0 Å². The summed E-state index contributed by atoms with van der Waals surface area (Å²) in [5.41, 5.74) is 0. The number of hydrogen-bond donors (Lipinski definition) is 0. The maximum Gasteiger partial charge on any atom is 0.0479 e. The van der Waals surface area contributed by atoms with Crippen molar-refractivity contribution in [2.75, 3.05) is 5.33 Å². The van der Waals surface area contributed by atoms with Gasteiger partial charge in [-0.05, 0) is 12.3 Å². The van der Waals surface area contributed by atoms with E-state index in [2.05, 4.69) is 22.9 Å². The van der Waals surface area contributed by atoms with Gasteiger partial charge in [0.2, 0.25) is 0 Å². The lowest BCUT2D eigenvalue weighted by molar-refractivity contribution is 0.460. The van der Waals surface area contributed by atoms with E-state index in [-0.39, 0.29) is 8.80 Å². The molecule has 1 saturated heterocycles. The van der Waals surface area contributed by atoms with Gasteiger partial charge < -0.3 is 0 Å². The van der Waals surface area contributed by atoms with Crippen molar-refractivity contribution in [1.82, 2.24) is 0 Å². The standard InChI is InChI=1S/C10H20BrSi/c1-2-7-12-8-4-10(3-6-11)5-9-12/h10H,2-9H2,1H3. The third kappa shape index (κ3) is 3.61. The highest BCUT2D eigenvalue weighted by Gasteiger charge is 2.20. The summed E-state index contributed by atoms with van der Waals surface area (Å²) in [6, 6.07) is 4.79. The first kappa shape index (κ1) is 10.8. The van der Waals surface area contributed by atoms with Gasteiger partial charge in [0.25, 0.3) is 0 Å². The smallest absolute Gasteiger partial charge is 0.0479 e. The fourth-order valence-corrected chi connectivity index (χ4v) is 5.87. The summed E-state index contributed by atoms with van der Waals surface area (Å²) < 4.78 is 0. The van der Waals surface area contributed by atoms with Crippen molar-refractivity contribution < 1.29 is 0 Å². The van der Waals surface area contributed by atoms with Gasteiger partial charge in [0.05, 0.1) is 0 Å². The Morgan fingerprint density at radius 1 is 1.33 bits per heavy atom. The van der Waals surface area contributed by atoms with Crippen molar-refractivity contribution in [3.05, 3.63) is 0 Å². The van der Waals surface area contributed by atoms with E-state index in [1.165, 1.54) is 18.2 Å². The van der Waals surface area contributed by atoms with Crippen LogP contribution in [0.5, 0.6) is 0 Å². The Hall–Kier alpha value is 0.697. The fraction of sp³-hybridized carbons (Fsp3) is 1.00. The Morgan fingerprint density at radius 2 is 2.00 bits per heavy atom. The molecule has 0 nitrogen and oxygen atoms in total. The second kappa shape index (κ2) is 6.20. The lowest BCUT2D eigenvalue weighted by Crippen LogP contribution is -2.21. The first-order valence-electron chi connectivity index (χ1n) is 5.26. The van der Waals surface area contributed by atoms with Crippen molar-refractivity contribution >= 4 is 24.7 Å². The molecule has 1 radical (unpaired) electrons. The van der Waals surface area contributed by atoms with Crippen LogP contribution >= 0.6 is 15.9 Å². The molecule has 0 aromatic carbocycles. The highest BCUT2D eigenvalue weighted by Crippen LogP contribution is 2.29. The Kier molecular flexibility index (Phi) is 5.56. The maximum atomic E-state index is 3.54. The van der Waals surface area contributed by atoms with E-state index in [0.717, 1.165) is 5.92 Å². The van der Waals surface area contributed by atoms with E-state index < -0.39 is 0 Å². The average Bonchev–Trinajstić information content (AvgIpc) is 2.09. The zero-order valence-corrected chi connectivity index (χ0v) is 10.7. The van der Waals surface area contributed by atoms with Crippen molar-refractivity contribution in [3.63, 3.8) is 0 Å². The molecule has 0 N–H and O–H groups in total. The monoisotopic (exact) mass is 247 g/mol. The molecular weight excluding hydrogens is 228 g/mol. The zero-order valence-electron chi connectivity index (χ0n) is 8.11. The summed E-state index contributed by atoms with van der Waals surface area (Å²) >= 11 is 3.54. The van der Waals surface area contributed by atoms with Crippen molar-refractivity contribution in [2.45, 2.75) is 50.7 Å². The van der Waals surface area contributed by atoms with Gasteiger partial charge in [-0.1, -0.05) is 60.2 Å². The number of rotatable bonds is 4. The third-order valence-electron chi connectivity index (χ3n) is 2.93. The molecule has 0 spiro atoms. The minimum Gasteiger partial charge on any atom is -0.0928 e. The molecule has 0 saturated carbocycles. The molecule has 0 atom stereocenters. The molecule has 2 heteroatoms. The number of hydrogen-bond acceptors (Lipinski definition) is 0. The second-order valence-electron chi connectivity index (χ2n) is 3.92. The fourth-order valence-electron chi connectivity index (χ4n) is 2.13. The summed E-state index contributed by atoms with van der Waals surface area (Å²) in [6.07, 6.45) is 5.93. The lowest BCUT2D eigenvalue weighted by Gasteiger charge is -2.26. The van der Waals surface area contributed by atoms with Gasteiger partial charge in [0.15, 0.2) is 0 Å². The maximum absolute atomic E-state index is 3.54. The molecule has 1 aliphatic rings. The van der Waals surface area contributed by atoms with E-state index >= 15 is 0 Å². The summed E-state index contributed by atoms with van der Waals surface area (Å²) in [5, 5.41) is 1.22. The first-order valence-corrected chi connectivity index (χ1v) is 8.50. The van der Waals surface area contributed by atoms with Crippen LogP contribution in [0, 0.1) is 5.92 Å².